The second-order valence-corrected chi connectivity index (χ2v) is 4.62. The highest BCUT2D eigenvalue weighted by atomic mass is 15.3. The van der Waals surface area contributed by atoms with Crippen molar-refractivity contribution in [2.45, 2.75) is 52.7 Å². The van der Waals surface area contributed by atoms with Gasteiger partial charge in [0.1, 0.15) is 0 Å². The topological polar surface area (TPSA) is 21.1 Å². The fraction of sp³-hybridized carbons (Fsp3) is 0.750. The van der Waals surface area contributed by atoms with E-state index in [0.29, 0.717) is 6.04 Å². The van der Waals surface area contributed by atoms with Crippen molar-refractivity contribution in [3.63, 3.8) is 0 Å². The molecule has 0 saturated heterocycles. The Bertz CT molecular complexity index is 328. The largest absolute Gasteiger partial charge is 0.295 e. The van der Waals surface area contributed by atoms with E-state index in [1.165, 1.54) is 24.4 Å². The smallest absolute Gasteiger partial charge is 0.0625 e. The van der Waals surface area contributed by atoms with E-state index in [2.05, 4.69) is 41.5 Å². The minimum absolute atomic E-state index is 0.636. The molecule has 0 saturated carbocycles. The van der Waals surface area contributed by atoms with Gasteiger partial charge < -0.3 is 0 Å². The Kier molecular flexibility index (Phi) is 3.10. The van der Waals surface area contributed by atoms with E-state index in [1.807, 2.05) is 0 Å². The summed E-state index contributed by atoms with van der Waals surface area (Å²) in [5.41, 5.74) is 2.62. The quantitative estimate of drug-likeness (QED) is 0.740. The highest BCUT2D eigenvalue weighted by molar-refractivity contribution is 5.11. The molecule has 0 amide bonds. The minimum atomic E-state index is 0.636. The van der Waals surface area contributed by atoms with Crippen molar-refractivity contribution in [2.24, 2.45) is 0 Å². The third-order valence-corrected chi connectivity index (χ3v) is 3.19. The van der Waals surface area contributed by atoms with Gasteiger partial charge >= 0.3 is 0 Å². The first-order valence-electron chi connectivity index (χ1n) is 6.00. The van der Waals surface area contributed by atoms with Gasteiger partial charge in [-0.1, -0.05) is 6.92 Å². The van der Waals surface area contributed by atoms with Crippen molar-refractivity contribution in [3.8, 4) is 0 Å². The standard InChI is InChI=1S/C12H21N3/c1-4-11-8-12-9-14(10(2)3)6-5-7-15(12)13-11/h8,10H,4-7,9H2,1-3H3. The number of hydrogen-bond donors (Lipinski definition) is 0. The van der Waals surface area contributed by atoms with Gasteiger partial charge in [0, 0.05) is 25.7 Å². The van der Waals surface area contributed by atoms with Crippen LogP contribution in [0.4, 0.5) is 0 Å². The predicted octanol–water partition coefficient (Wildman–Crippen LogP) is 2.06. The summed E-state index contributed by atoms with van der Waals surface area (Å²) >= 11 is 0. The third-order valence-electron chi connectivity index (χ3n) is 3.19. The van der Waals surface area contributed by atoms with Crippen LogP contribution in [0.3, 0.4) is 0 Å². The Labute approximate surface area is 92.1 Å². The van der Waals surface area contributed by atoms with Crippen LogP contribution >= 0.6 is 0 Å². The number of nitrogens with zero attached hydrogens (tertiary/aromatic N) is 3. The molecule has 3 heteroatoms. The van der Waals surface area contributed by atoms with Crippen LogP contribution < -0.4 is 0 Å². The van der Waals surface area contributed by atoms with Crippen LogP contribution in [0.15, 0.2) is 6.07 Å². The average Bonchev–Trinajstić information content (AvgIpc) is 2.49. The van der Waals surface area contributed by atoms with Crippen LogP contribution in [0.1, 0.15) is 38.6 Å². The lowest BCUT2D eigenvalue weighted by molar-refractivity contribution is 0.216. The SMILES string of the molecule is CCc1cc2n(n1)CCCN(C(C)C)C2. The van der Waals surface area contributed by atoms with Gasteiger partial charge in [-0.2, -0.15) is 5.10 Å². The molecule has 2 rings (SSSR count). The number of fused-ring (bicyclic) bond motifs is 1. The molecular formula is C12H21N3. The molecule has 0 aliphatic carbocycles. The van der Waals surface area contributed by atoms with Gasteiger partial charge in [0.2, 0.25) is 0 Å². The molecule has 1 aliphatic heterocycles. The zero-order chi connectivity index (χ0) is 10.8. The molecule has 0 atom stereocenters. The number of rotatable bonds is 2. The second-order valence-electron chi connectivity index (χ2n) is 4.62. The summed E-state index contributed by atoms with van der Waals surface area (Å²) < 4.78 is 2.20. The minimum Gasteiger partial charge on any atom is -0.295 e. The highest BCUT2D eigenvalue weighted by Gasteiger charge is 2.17. The van der Waals surface area contributed by atoms with Gasteiger partial charge in [-0.15, -0.1) is 0 Å². The molecule has 1 aromatic rings. The molecule has 0 radical (unpaired) electrons. The van der Waals surface area contributed by atoms with Gasteiger partial charge in [0.15, 0.2) is 0 Å². The average molecular weight is 207 g/mol. The summed E-state index contributed by atoms with van der Waals surface area (Å²) in [6, 6.07) is 2.90. The summed E-state index contributed by atoms with van der Waals surface area (Å²) in [7, 11) is 0. The number of hydrogen-bond acceptors (Lipinski definition) is 2. The zero-order valence-corrected chi connectivity index (χ0v) is 10.0. The van der Waals surface area contributed by atoms with E-state index in [9.17, 15) is 0 Å². The summed E-state index contributed by atoms with van der Waals surface area (Å²) in [5.74, 6) is 0. The number of aromatic nitrogens is 2. The fourth-order valence-electron chi connectivity index (χ4n) is 2.16. The summed E-state index contributed by atoms with van der Waals surface area (Å²) in [4.78, 5) is 2.53. The van der Waals surface area contributed by atoms with E-state index >= 15 is 0 Å². The summed E-state index contributed by atoms with van der Waals surface area (Å²) in [6.07, 6.45) is 2.26. The van der Waals surface area contributed by atoms with Crippen molar-refractivity contribution in [3.05, 3.63) is 17.5 Å². The van der Waals surface area contributed by atoms with E-state index in [4.69, 9.17) is 0 Å². The lowest BCUT2D eigenvalue weighted by atomic mass is 10.2. The first-order valence-corrected chi connectivity index (χ1v) is 6.00. The summed E-state index contributed by atoms with van der Waals surface area (Å²) in [5, 5.41) is 4.61. The highest BCUT2D eigenvalue weighted by Crippen LogP contribution is 2.15. The van der Waals surface area contributed by atoms with Crippen LogP contribution in [0.2, 0.25) is 0 Å². The maximum Gasteiger partial charge on any atom is 0.0625 e. The lowest BCUT2D eigenvalue weighted by Crippen LogP contribution is -2.30. The van der Waals surface area contributed by atoms with Crippen LogP contribution in [-0.4, -0.2) is 27.3 Å². The first-order chi connectivity index (χ1) is 7.20. The molecule has 3 nitrogen and oxygen atoms in total. The van der Waals surface area contributed by atoms with Gasteiger partial charge in [-0.05, 0) is 32.8 Å². The monoisotopic (exact) mass is 207 g/mol. The Balaban J connectivity index is 2.20. The maximum atomic E-state index is 4.61. The Morgan fingerprint density at radius 1 is 1.40 bits per heavy atom. The molecule has 0 fully saturated rings. The van der Waals surface area contributed by atoms with E-state index < -0.39 is 0 Å². The van der Waals surface area contributed by atoms with Gasteiger partial charge in [-0.25, -0.2) is 0 Å². The molecule has 0 N–H and O–H groups in total. The molecule has 0 aromatic carbocycles. The third kappa shape index (κ3) is 2.23. The maximum absolute atomic E-state index is 4.61. The molecule has 1 aromatic heterocycles. The first kappa shape index (κ1) is 10.7. The van der Waals surface area contributed by atoms with E-state index in [0.717, 1.165) is 19.5 Å². The number of aryl methyl sites for hydroxylation is 2. The molecule has 2 heterocycles. The van der Waals surface area contributed by atoms with Gasteiger partial charge in [-0.3, -0.25) is 9.58 Å². The van der Waals surface area contributed by atoms with Gasteiger partial charge in [0.05, 0.1) is 11.4 Å². The van der Waals surface area contributed by atoms with E-state index in [1.54, 1.807) is 0 Å². The summed E-state index contributed by atoms with van der Waals surface area (Å²) in [6.45, 7) is 10.0. The van der Waals surface area contributed by atoms with Crippen LogP contribution in [0.5, 0.6) is 0 Å². The Morgan fingerprint density at radius 3 is 2.87 bits per heavy atom. The van der Waals surface area contributed by atoms with Crippen molar-refractivity contribution in [2.75, 3.05) is 6.54 Å². The van der Waals surface area contributed by atoms with Gasteiger partial charge in [0.25, 0.3) is 0 Å². The zero-order valence-electron chi connectivity index (χ0n) is 10.0. The van der Waals surface area contributed by atoms with Crippen molar-refractivity contribution < 1.29 is 0 Å². The Morgan fingerprint density at radius 2 is 2.20 bits per heavy atom. The lowest BCUT2D eigenvalue weighted by Gasteiger charge is -2.23. The molecule has 1 aliphatic rings. The molecule has 0 spiro atoms. The van der Waals surface area contributed by atoms with Crippen molar-refractivity contribution in [1.82, 2.24) is 14.7 Å². The molecular weight excluding hydrogens is 186 g/mol. The van der Waals surface area contributed by atoms with Crippen molar-refractivity contribution in [1.29, 1.82) is 0 Å². The normalized spacial score (nSPS) is 17.9. The molecule has 0 unspecified atom stereocenters. The van der Waals surface area contributed by atoms with Crippen LogP contribution in [-0.2, 0) is 19.5 Å². The second kappa shape index (κ2) is 4.35. The molecule has 0 bridgehead atoms. The molecule has 84 valence electrons. The van der Waals surface area contributed by atoms with E-state index in [-0.39, 0.29) is 0 Å². The predicted molar refractivity (Wildman–Crippen MR) is 61.8 cm³/mol. The fourth-order valence-corrected chi connectivity index (χ4v) is 2.16. The van der Waals surface area contributed by atoms with Crippen molar-refractivity contribution >= 4 is 0 Å². The van der Waals surface area contributed by atoms with Crippen LogP contribution in [0, 0.1) is 0 Å². The molecule has 15 heavy (non-hydrogen) atoms. The van der Waals surface area contributed by atoms with Crippen LogP contribution in [0.25, 0.3) is 0 Å². The Hall–Kier alpha value is -0.830.